The summed E-state index contributed by atoms with van der Waals surface area (Å²) in [6.07, 6.45) is 6.07. The van der Waals surface area contributed by atoms with Crippen LogP contribution in [0.3, 0.4) is 0 Å². The third-order valence-electron chi connectivity index (χ3n) is 5.62. The molecular formula is C22H26N4O2S2. The molecular weight excluding hydrogens is 416 g/mol. The van der Waals surface area contributed by atoms with Crippen molar-refractivity contribution in [1.82, 2.24) is 19.5 Å². The molecule has 0 radical (unpaired) electrons. The molecule has 1 fully saturated rings. The minimum atomic E-state index is -3.72. The van der Waals surface area contributed by atoms with E-state index in [2.05, 4.69) is 14.9 Å². The summed E-state index contributed by atoms with van der Waals surface area (Å²) >= 11 is 5.54. The maximum absolute atomic E-state index is 13.1. The molecule has 3 aromatic rings. The lowest BCUT2D eigenvalue weighted by molar-refractivity contribution is 0.335. The van der Waals surface area contributed by atoms with Crippen LogP contribution in [0, 0.1) is 4.77 Å². The van der Waals surface area contributed by atoms with Crippen molar-refractivity contribution < 1.29 is 8.42 Å². The summed E-state index contributed by atoms with van der Waals surface area (Å²) in [5.41, 5.74) is 1.03. The number of nitrogens with zero attached hydrogens (tertiary/aromatic N) is 2. The highest BCUT2D eigenvalue weighted by Crippen LogP contribution is 2.31. The summed E-state index contributed by atoms with van der Waals surface area (Å²) in [6.45, 7) is 0. The monoisotopic (exact) mass is 442 g/mol. The fourth-order valence-electron chi connectivity index (χ4n) is 4.15. The van der Waals surface area contributed by atoms with Crippen molar-refractivity contribution in [3.8, 4) is 0 Å². The number of aromatic nitrogens is 3. The molecule has 4 rings (SSSR count). The zero-order valence-corrected chi connectivity index (χ0v) is 18.3. The summed E-state index contributed by atoms with van der Waals surface area (Å²) in [4.78, 5) is 0.237. The van der Waals surface area contributed by atoms with E-state index in [0.717, 1.165) is 31.2 Å². The third-order valence-corrected chi connectivity index (χ3v) is 7.39. The van der Waals surface area contributed by atoms with Crippen LogP contribution in [-0.4, -0.2) is 23.2 Å². The van der Waals surface area contributed by atoms with Gasteiger partial charge in [-0.2, -0.15) is 5.10 Å². The van der Waals surface area contributed by atoms with Gasteiger partial charge in [0, 0.05) is 6.04 Å². The number of aromatic amines is 1. The van der Waals surface area contributed by atoms with Crippen molar-refractivity contribution in [2.24, 2.45) is 0 Å². The summed E-state index contributed by atoms with van der Waals surface area (Å²) < 4.78 is 31.7. The molecule has 0 saturated heterocycles. The van der Waals surface area contributed by atoms with Crippen LogP contribution in [0.5, 0.6) is 0 Å². The second-order valence-electron chi connectivity index (χ2n) is 7.73. The molecule has 158 valence electrons. The molecule has 0 bridgehead atoms. The Morgan fingerprint density at radius 3 is 2.33 bits per heavy atom. The molecule has 6 nitrogen and oxygen atoms in total. The van der Waals surface area contributed by atoms with Gasteiger partial charge in [0.25, 0.3) is 0 Å². The fourth-order valence-corrected chi connectivity index (χ4v) is 5.65. The van der Waals surface area contributed by atoms with Crippen LogP contribution in [0.2, 0.25) is 0 Å². The molecule has 1 aliphatic carbocycles. The molecule has 1 saturated carbocycles. The highest BCUT2D eigenvalue weighted by atomic mass is 32.2. The Kier molecular flexibility index (Phi) is 6.46. The Morgan fingerprint density at radius 2 is 1.67 bits per heavy atom. The molecule has 0 spiro atoms. The average molecular weight is 443 g/mol. The maximum atomic E-state index is 13.1. The van der Waals surface area contributed by atoms with E-state index in [1.807, 2.05) is 34.9 Å². The predicted octanol–water partition coefficient (Wildman–Crippen LogP) is 4.71. The van der Waals surface area contributed by atoms with E-state index in [9.17, 15) is 8.42 Å². The van der Waals surface area contributed by atoms with Gasteiger partial charge in [-0.15, -0.1) is 0 Å². The smallest absolute Gasteiger partial charge is 0.241 e. The number of sulfonamides is 1. The fraction of sp³-hybridized carbons (Fsp3) is 0.364. The van der Waals surface area contributed by atoms with Crippen molar-refractivity contribution in [2.45, 2.75) is 55.5 Å². The first-order valence-corrected chi connectivity index (χ1v) is 12.2. The van der Waals surface area contributed by atoms with Gasteiger partial charge in [0.1, 0.15) is 5.82 Å². The highest BCUT2D eigenvalue weighted by Gasteiger charge is 2.29. The van der Waals surface area contributed by atoms with E-state index in [4.69, 9.17) is 12.2 Å². The topological polar surface area (TPSA) is 79.8 Å². The molecule has 1 heterocycles. The summed E-state index contributed by atoms with van der Waals surface area (Å²) in [5.74, 6) is 0.648. The third kappa shape index (κ3) is 4.71. The van der Waals surface area contributed by atoms with Crippen molar-refractivity contribution in [3.63, 3.8) is 0 Å². The average Bonchev–Trinajstić information content (AvgIpc) is 3.16. The maximum Gasteiger partial charge on any atom is 0.241 e. The minimum absolute atomic E-state index is 0.237. The minimum Gasteiger partial charge on any atom is -0.300 e. The van der Waals surface area contributed by atoms with Gasteiger partial charge < -0.3 is 0 Å². The zero-order valence-electron chi connectivity index (χ0n) is 16.7. The van der Waals surface area contributed by atoms with Gasteiger partial charge in [-0.1, -0.05) is 67.8 Å². The van der Waals surface area contributed by atoms with Crippen LogP contribution < -0.4 is 4.72 Å². The van der Waals surface area contributed by atoms with E-state index in [-0.39, 0.29) is 10.9 Å². The SMILES string of the molecule is O=S(=O)(N[C@H](Cc1ccccc1)c1n[nH]c(=S)n1C1CCCCC1)c1ccccc1. The molecule has 8 heteroatoms. The lowest BCUT2D eigenvalue weighted by atomic mass is 9.95. The van der Waals surface area contributed by atoms with Gasteiger partial charge in [-0.25, -0.2) is 13.1 Å². The molecule has 0 aliphatic heterocycles. The van der Waals surface area contributed by atoms with Gasteiger partial charge in [0.05, 0.1) is 10.9 Å². The van der Waals surface area contributed by atoms with E-state index < -0.39 is 16.1 Å². The lowest BCUT2D eigenvalue weighted by Crippen LogP contribution is -2.33. The van der Waals surface area contributed by atoms with Crippen molar-refractivity contribution >= 4 is 22.2 Å². The molecule has 2 aromatic carbocycles. The first-order chi connectivity index (χ1) is 14.5. The Balaban J connectivity index is 1.72. The number of rotatable bonds is 7. The van der Waals surface area contributed by atoms with Crippen molar-refractivity contribution in [3.05, 3.63) is 76.8 Å². The molecule has 0 unspecified atom stereocenters. The van der Waals surface area contributed by atoms with Crippen molar-refractivity contribution in [2.75, 3.05) is 0 Å². The van der Waals surface area contributed by atoms with Gasteiger partial charge in [-0.3, -0.25) is 9.67 Å². The normalized spacial score (nSPS) is 16.4. The number of H-pyrrole nitrogens is 1. The van der Waals surface area contributed by atoms with Gasteiger partial charge in [0.2, 0.25) is 10.0 Å². The van der Waals surface area contributed by atoms with Crippen LogP contribution in [0.4, 0.5) is 0 Å². The Morgan fingerprint density at radius 1 is 1.03 bits per heavy atom. The standard InChI is InChI=1S/C22H26N4O2S2/c27-30(28,19-14-8-3-9-15-19)25-20(16-17-10-4-1-5-11-17)21-23-24-22(29)26(21)18-12-6-2-7-13-18/h1,3-5,8-11,14-15,18,20,25H,2,6-7,12-13,16H2,(H,24,29)/t20-/m1/s1. The van der Waals surface area contributed by atoms with E-state index >= 15 is 0 Å². The Bertz CT molecular complexity index is 1120. The second-order valence-corrected chi connectivity index (χ2v) is 9.83. The number of hydrogen-bond donors (Lipinski definition) is 2. The second kappa shape index (κ2) is 9.24. The lowest BCUT2D eigenvalue weighted by Gasteiger charge is -2.27. The van der Waals surface area contributed by atoms with Crippen LogP contribution in [0.1, 0.15) is 55.6 Å². The van der Waals surface area contributed by atoms with Crippen molar-refractivity contribution in [1.29, 1.82) is 0 Å². The van der Waals surface area contributed by atoms with Gasteiger partial charge >= 0.3 is 0 Å². The summed E-state index contributed by atoms with van der Waals surface area (Å²) in [7, 11) is -3.72. The van der Waals surface area contributed by atoms with Crippen LogP contribution >= 0.6 is 12.2 Å². The zero-order chi connectivity index (χ0) is 21.0. The molecule has 30 heavy (non-hydrogen) atoms. The number of hydrogen-bond acceptors (Lipinski definition) is 4. The van der Waals surface area contributed by atoms with E-state index in [1.165, 1.54) is 6.42 Å². The summed E-state index contributed by atoms with van der Waals surface area (Å²) in [6, 6.07) is 18.0. The Hall–Kier alpha value is -2.29. The Labute approximate surface area is 182 Å². The predicted molar refractivity (Wildman–Crippen MR) is 119 cm³/mol. The van der Waals surface area contributed by atoms with Gasteiger partial charge in [-0.05, 0) is 49.2 Å². The van der Waals surface area contributed by atoms with E-state index in [1.54, 1.807) is 30.3 Å². The molecule has 1 aliphatic rings. The molecule has 0 amide bonds. The van der Waals surface area contributed by atoms with Gasteiger partial charge in [0.15, 0.2) is 4.77 Å². The number of nitrogens with one attached hydrogen (secondary N) is 2. The molecule has 1 atom stereocenters. The van der Waals surface area contributed by atoms with Crippen LogP contribution in [-0.2, 0) is 16.4 Å². The highest BCUT2D eigenvalue weighted by molar-refractivity contribution is 7.89. The largest absolute Gasteiger partial charge is 0.300 e. The van der Waals surface area contributed by atoms with Crippen LogP contribution in [0.25, 0.3) is 0 Å². The number of benzene rings is 2. The summed E-state index contributed by atoms with van der Waals surface area (Å²) in [5, 5.41) is 7.39. The first-order valence-electron chi connectivity index (χ1n) is 10.3. The van der Waals surface area contributed by atoms with E-state index in [0.29, 0.717) is 17.0 Å². The molecule has 2 N–H and O–H groups in total. The molecule has 1 aromatic heterocycles. The quantitative estimate of drug-likeness (QED) is 0.520. The van der Waals surface area contributed by atoms with Crippen LogP contribution in [0.15, 0.2) is 65.6 Å². The first kappa shape index (κ1) is 21.0.